The lowest BCUT2D eigenvalue weighted by Gasteiger charge is -2.24. The summed E-state index contributed by atoms with van der Waals surface area (Å²) in [6, 6.07) is 22.1. The van der Waals surface area contributed by atoms with E-state index >= 15 is 0 Å². The predicted molar refractivity (Wildman–Crippen MR) is 194 cm³/mol. The van der Waals surface area contributed by atoms with Crippen LogP contribution in [0, 0.1) is 0 Å². The van der Waals surface area contributed by atoms with Crippen molar-refractivity contribution in [1.29, 1.82) is 0 Å². The summed E-state index contributed by atoms with van der Waals surface area (Å²) in [6.07, 6.45) is 0.175. The van der Waals surface area contributed by atoms with Gasteiger partial charge in [-0.25, -0.2) is 9.59 Å². The summed E-state index contributed by atoms with van der Waals surface area (Å²) < 4.78 is 16.6. The highest BCUT2D eigenvalue weighted by Gasteiger charge is 2.27. The highest BCUT2D eigenvalue weighted by atomic mass is 16.6. The summed E-state index contributed by atoms with van der Waals surface area (Å²) in [5.74, 6) is -0.648. The fourth-order valence-electron chi connectivity index (χ4n) is 4.81. The van der Waals surface area contributed by atoms with Crippen LogP contribution in [0.3, 0.4) is 0 Å². The van der Waals surface area contributed by atoms with Crippen LogP contribution in [0.4, 0.5) is 21.0 Å². The van der Waals surface area contributed by atoms with Crippen LogP contribution in [0.25, 0.3) is 0 Å². The molecular weight excluding hydrogens is 638 g/mol. The van der Waals surface area contributed by atoms with E-state index in [0.29, 0.717) is 42.8 Å². The van der Waals surface area contributed by atoms with Crippen LogP contribution in [-0.2, 0) is 31.9 Å². The second-order valence-electron chi connectivity index (χ2n) is 13.8. The molecule has 270 valence electrons. The Morgan fingerprint density at radius 2 is 1.04 bits per heavy atom. The van der Waals surface area contributed by atoms with Crippen LogP contribution in [0.2, 0.25) is 0 Å². The Morgan fingerprint density at radius 3 is 1.40 bits per heavy atom. The number of anilines is 2. The van der Waals surface area contributed by atoms with E-state index in [9.17, 15) is 19.2 Å². The van der Waals surface area contributed by atoms with Gasteiger partial charge in [0.2, 0.25) is 11.8 Å². The first-order valence-electron chi connectivity index (χ1n) is 16.8. The minimum atomic E-state index is -0.947. The minimum Gasteiger partial charge on any atom is -0.492 e. The molecule has 12 heteroatoms. The summed E-state index contributed by atoms with van der Waals surface area (Å²) in [5.41, 5.74) is 6.75. The van der Waals surface area contributed by atoms with E-state index in [2.05, 4.69) is 21.3 Å². The van der Waals surface area contributed by atoms with Crippen molar-refractivity contribution >= 4 is 35.4 Å². The van der Waals surface area contributed by atoms with Crippen LogP contribution in [0.15, 0.2) is 78.9 Å². The molecule has 0 aliphatic rings. The normalized spacial score (nSPS) is 12.5. The largest absolute Gasteiger partial charge is 0.492 e. The maximum atomic E-state index is 13.7. The maximum absolute atomic E-state index is 13.7. The smallest absolute Gasteiger partial charge is 0.408 e. The van der Waals surface area contributed by atoms with Crippen molar-refractivity contribution in [2.75, 3.05) is 23.8 Å². The maximum Gasteiger partial charge on any atom is 0.408 e. The molecule has 0 spiro atoms. The molecule has 0 unspecified atom stereocenters. The topological polar surface area (TPSA) is 170 Å². The number of nitrogens with one attached hydrogen (secondary N) is 4. The molecule has 6 N–H and O–H groups in total. The quantitative estimate of drug-likeness (QED) is 0.130. The lowest BCUT2D eigenvalue weighted by atomic mass is 10.0. The summed E-state index contributed by atoms with van der Waals surface area (Å²) in [5, 5.41) is 11.1. The number of hydrogen-bond donors (Lipinski definition) is 5. The highest BCUT2D eigenvalue weighted by molar-refractivity contribution is 5.99. The van der Waals surface area contributed by atoms with Gasteiger partial charge in [0.1, 0.15) is 35.6 Å². The molecule has 0 bridgehead atoms. The SMILES string of the molecule is CC(C)(C)OC(=O)N[C@H](CCc1ccccc1)C(=O)Nc1cc(NC(=O)[C@@H](CCc2ccccc2)NC(=O)OC(C)(C)C)cc(OCCN)c1. The van der Waals surface area contributed by atoms with Crippen LogP contribution in [-0.4, -0.2) is 60.4 Å². The zero-order valence-electron chi connectivity index (χ0n) is 29.8. The van der Waals surface area contributed by atoms with Gasteiger partial charge in [0.25, 0.3) is 0 Å². The Morgan fingerprint density at radius 1 is 0.640 bits per heavy atom. The standard InChI is InChI=1S/C38H51N5O7/c1-37(2,3)49-35(46)42-31(19-17-26-13-9-7-10-14-26)33(44)40-28-23-29(25-30(24-28)48-22-21-39)41-34(45)32(43-36(47)50-38(4,5)6)20-18-27-15-11-8-12-16-27/h7-16,23-25,31-32H,17-22,39H2,1-6H3,(H,40,44)(H,41,45)(H,42,46)(H,43,47)/t31-,32-/m1/s1. The number of hydrogen-bond acceptors (Lipinski definition) is 8. The van der Waals surface area contributed by atoms with Gasteiger partial charge in [0.15, 0.2) is 0 Å². The number of alkyl carbamates (subject to hydrolysis) is 2. The second kappa shape index (κ2) is 18.6. The minimum absolute atomic E-state index is 0.185. The van der Waals surface area contributed by atoms with Crippen LogP contribution >= 0.6 is 0 Å². The van der Waals surface area contributed by atoms with Gasteiger partial charge in [-0.15, -0.1) is 0 Å². The first-order chi connectivity index (χ1) is 23.6. The molecule has 0 aliphatic heterocycles. The fraction of sp³-hybridized carbons (Fsp3) is 0.421. The molecule has 12 nitrogen and oxygen atoms in total. The summed E-state index contributed by atoms with van der Waals surface area (Å²) in [4.78, 5) is 52.8. The van der Waals surface area contributed by atoms with Crippen molar-refractivity contribution in [2.24, 2.45) is 5.73 Å². The monoisotopic (exact) mass is 689 g/mol. The van der Waals surface area contributed by atoms with Crippen LogP contribution in [0.1, 0.15) is 65.5 Å². The second-order valence-corrected chi connectivity index (χ2v) is 13.8. The lowest BCUT2D eigenvalue weighted by molar-refractivity contribution is -0.119. The zero-order chi connectivity index (χ0) is 36.7. The molecule has 3 aromatic rings. The molecule has 0 heterocycles. The van der Waals surface area contributed by atoms with Gasteiger partial charge in [0, 0.05) is 30.1 Å². The first kappa shape index (κ1) is 39.3. The molecule has 4 amide bonds. The molecule has 0 aliphatic carbocycles. The van der Waals surface area contributed by atoms with E-state index in [4.69, 9.17) is 19.9 Å². The molecular formula is C38H51N5O7. The Bertz CT molecular complexity index is 1440. The van der Waals surface area contributed by atoms with Crippen molar-refractivity contribution in [3.05, 3.63) is 90.0 Å². The van der Waals surface area contributed by atoms with E-state index in [1.807, 2.05) is 60.7 Å². The predicted octanol–water partition coefficient (Wildman–Crippen LogP) is 5.95. The average Bonchev–Trinajstić information content (AvgIpc) is 3.03. The van der Waals surface area contributed by atoms with E-state index in [1.165, 1.54) is 0 Å². The summed E-state index contributed by atoms with van der Waals surface area (Å²) in [6.45, 7) is 10.9. The van der Waals surface area contributed by atoms with Crippen molar-refractivity contribution in [3.8, 4) is 5.75 Å². The number of carbonyl (C=O) groups excluding carboxylic acids is 4. The van der Waals surface area contributed by atoms with Gasteiger partial charge in [-0.3, -0.25) is 9.59 Å². The van der Waals surface area contributed by atoms with Gasteiger partial charge in [-0.05, 0) is 84.4 Å². The molecule has 0 saturated carbocycles. The third kappa shape index (κ3) is 15.0. The number of benzene rings is 3. The van der Waals surface area contributed by atoms with E-state index in [1.54, 1.807) is 59.7 Å². The number of nitrogens with two attached hydrogens (primary N) is 1. The first-order valence-corrected chi connectivity index (χ1v) is 16.8. The number of rotatable bonds is 15. The zero-order valence-corrected chi connectivity index (χ0v) is 29.8. The van der Waals surface area contributed by atoms with E-state index in [-0.39, 0.29) is 13.2 Å². The molecule has 3 rings (SSSR count). The average molecular weight is 690 g/mol. The fourth-order valence-corrected chi connectivity index (χ4v) is 4.81. The molecule has 2 atom stereocenters. The summed E-state index contributed by atoms with van der Waals surface area (Å²) in [7, 11) is 0. The number of amides is 4. The molecule has 0 aromatic heterocycles. The molecule has 3 aromatic carbocycles. The Hall–Kier alpha value is -5.10. The van der Waals surface area contributed by atoms with Crippen molar-refractivity contribution < 1.29 is 33.4 Å². The third-order valence-corrected chi connectivity index (χ3v) is 6.97. The molecule has 0 fully saturated rings. The molecule has 0 radical (unpaired) electrons. The highest BCUT2D eigenvalue weighted by Crippen LogP contribution is 2.26. The lowest BCUT2D eigenvalue weighted by Crippen LogP contribution is -2.46. The molecule has 50 heavy (non-hydrogen) atoms. The van der Waals surface area contributed by atoms with Crippen molar-refractivity contribution in [3.63, 3.8) is 0 Å². The van der Waals surface area contributed by atoms with Gasteiger partial charge in [-0.2, -0.15) is 0 Å². The van der Waals surface area contributed by atoms with Gasteiger partial charge < -0.3 is 41.2 Å². The van der Waals surface area contributed by atoms with Crippen molar-refractivity contribution in [1.82, 2.24) is 10.6 Å². The Kier molecular flexibility index (Phi) is 14.6. The van der Waals surface area contributed by atoms with Gasteiger partial charge in [-0.1, -0.05) is 60.7 Å². The van der Waals surface area contributed by atoms with Gasteiger partial charge in [0.05, 0.1) is 0 Å². The summed E-state index contributed by atoms with van der Waals surface area (Å²) >= 11 is 0. The number of carbonyl (C=O) groups is 4. The van der Waals surface area contributed by atoms with Gasteiger partial charge >= 0.3 is 12.2 Å². The molecule has 0 saturated heterocycles. The third-order valence-electron chi connectivity index (χ3n) is 6.97. The number of aryl methyl sites for hydroxylation is 2. The van der Waals surface area contributed by atoms with Crippen molar-refractivity contribution in [2.45, 2.75) is 90.5 Å². The van der Waals surface area contributed by atoms with E-state index < -0.39 is 47.3 Å². The van der Waals surface area contributed by atoms with Crippen LogP contribution in [0.5, 0.6) is 5.75 Å². The Balaban J connectivity index is 1.84. The number of ether oxygens (including phenoxy) is 3. The Labute approximate surface area is 294 Å². The van der Waals surface area contributed by atoms with Crippen LogP contribution < -0.4 is 31.7 Å². The van der Waals surface area contributed by atoms with E-state index in [0.717, 1.165) is 11.1 Å².